The molecule has 1 aliphatic carbocycles. The molecular formula is C20H26N4O. The van der Waals surface area contributed by atoms with Crippen LogP contribution in [-0.2, 0) is 6.54 Å². The standard InChI is InChI=1S/C20H26N4O/c25-20-14-19(15-21-24(20)16-17-6-2-1-3-7-17)23-12-10-22(11-13-23)18-8-4-5-9-18/h1-3,6-7,14-15,18H,4-5,8-13,16H2. The van der Waals surface area contributed by atoms with Crippen molar-refractivity contribution >= 4 is 5.69 Å². The van der Waals surface area contributed by atoms with E-state index in [2.05, 4.69) is 14.9 Å². The van der Waals surface area contributed by atoms with Crippen molar-refractivity contribution in [3.63, 3.8) is 0 Å². The van der Waals surface area contributed by atoms with E-state index in [1.165, 1.54) is 30.4 Å². The van der Waals surface area contributed by atoms with Crippen LogP contribution in [0.15, 0.2) is 47.4 Å². The van der Waals surface area contributed by atoms with Gasteiger partial charge in [0.25, 0.3) is 5.56 Å². The Morgan fingerprint density at radius 1 is 1.00 bits per heavy atom. The predicted molar refractivity (Wildman–Crippen MR) is 100 cm³/mol. The molecule has 132 valence electrons. The number of aromatic nitrogens is 2. The van der Waals surface area contributed by atoms with Crippen LogP contribution in [0, 0.1) is 0 Å². The Morgan fingerprint density at radius 2 is 1.72 bits per heavy atom. The fourth-order valence-electron chi connectivity index (χ4n) is 4.09. The van der Waals surface area contributed by atoms with Crippen molar-refractivity contribution < 1.29 is 0 Å². The van der Waals surface area contributed by atoms with Crippen molar-refractivity contribution in [2.45, 2.75) is 38.3 Å². The van der Waals surface area contributed by atoms with E-state index in [0.29, 0.717) is 6.54 Å². The second kappa shape index (κ2) is 7.40. The van der Waals surface area contributed by atoms with E-state index in [4.69, 9.17) is 0 Å². The second-order valence-corrected chi connectivity index (χ2v) is 7.16. The molecule has 1 aliphatic heterocycles. The fraction of sp³-hybridized carbons (Fsp3) is 0.500. The summed E-state index contributed by atoms with van der Waals surface area (Å²) in [5.74, 6) is 0. The van der Waals surface area contributed by atoms with Gasteiger partial charge >= 0.3 is 0 Å². The summed E-state index contributed by atoms with van der Waals surface area (Å²) >= 11 is 0. The minimum atomic E-state index is -0.0282. The summed E-state index contributed by atoms with van der Waals surface area (Å²) < 4.78 is 1.54. The molecule has 5 heteroatoms. The number of hydrogen-bond acceptors (Lipinski definition) is 4. The Hall–Kier alpha value is -2.14. The molecule has 1 aromatic heterocycles. The molecule has 0 bridgehead atoms. The van der Waals surface area contributed by atoms with Gasteiger partial charge in [0, 0.05) is 38.3 Å². The first-order chi connectivity index (χ1) is 12.3. The summed E-state index contributed by atoms with van der Waals surface area (Å²) in [4.78, 5) is 17.4. The molecule has 5 nitrogen and oxygen atoms in total. The van der Waals surface area contributed by atoms with Gasteiger partial charge in [-0.25, -0.2) is 4.68 Å². The zero-order valence-corrected chi connectivity index (χ0v) is 14.7. The number of nitrogens with zero attached hydrogens (tertiary/aromatic N) is 4. The molecule has 0 amide bonds. The third-order valence-electron chi connectivity index (χ3n) is 5.55. The van der Waals surface area contributed by atoms with Gasteiger partial charge in [0.1, 0.15) is 0 Å². The molecule has 25 heavy (non-hydrogen) atoms. The molecule has 2 aliphatic rings. The number of benzene rings is 1. The summed E-state index contributed by atoms with van der Waals surface area (Å²) in [6.07, 6.45) is 7.33. The van der Waals surface area contributed by atoms with Crippen LogP contribution in [0.4, 0.5) is 5.69 Å². The lowest BCUT2D eigenvalue weighted by atomic mass is 10.1. The van der Waals surface area contributed by atoms with Crippen LogP contribution in [0.3, 0.4) is 0 Å². The molecule has 0 N–H and O–H groups in total. The smallest absolute Gasteiger partial charge is 0.269 e. The third-order valence-corrected chi connectivity index (χ3v) is 5.55. The van der Waals surface area contributed by atoms with Crippen LogP contribution in [0.25, 0.3) is 0 Å². The van der Waals surface area contributed by atoms with E-state index in [1.54, 1.807) is 6.07 Å². The van der Waals surface area contributed by atoms with Crippen molar-refractivity contribution in [1.82, 2.24) is 14.7 Å². The van der Waals surface area contributed by atoms with Gasteiger partial charge in [0.05, 0.1) is 18.4 Å². The van der Waals surface area contributed by atoms with Gasteiger partial charge in [0.2, 0.25) is 0 Å². The minimum Gasteiger partial charge on any atom is -0.368 e. The maximum absolute atomic E-state index is 12.4. The molecular weight excluding hydrogens is 312 g/mol. The highest BCUT2D eigenvalue weighted by atomic mass is 16.1. The average Bonchev–Trinajstić information content (AvgIpc) is 3.19. The molecule has 1 saturated heterocycles. The maximum Gasteiger partial charge on any atom is 0.269 e. The lowest BCUT2D eigenvalue weighted by Crippen LogP contribution is -2.50. The van der Waals surface area contributed by atoms with Crippen LogP contribution >= 0.6 is 0 Å². The van der Waals surface area contributed by atoms with Gasteiger partial charge in [0.15, 0.2) is 0 Å². The van der Waals surface area contributed by atoms with E-state index in [-0.39, 0.29) is 5.56 Å². The van der Waals surface area contributed by atoms with Crippen molar-refractivity contribution in [3.8, 4) is 0 Å². The summed E-state index contributed by atoms with van der Waals surface area (Å²) in [7, 11) is 0. The highest BCUT2D eigenvalue weighted by Crippen LogP contribution is 2.25. The molecule has 2 heterocycles. The first-order valence-electron chi connectivity index (χ1n) is 9.40. The van der Waals surface area contributed by atoms with Crippen LogP contribution in [-0.4, -0.2) is 46.9 Å². The van der Waals surface area contributed by atoms with Gasteiger partial charge in [-0.3, -0.25) is 9.69 Å². The molecule has 0 unspecified atom stereocenters. The molecule has 1 aromatic carbocycles. The van der Waals surface area contributed by atoms with Gasteiger partial charge in [-0.1, -0.05) is 43.2 Å². The van der Waals surface area contributed by atoms with E-state index in [0.717, 1.165) is 43.5 Å². The number of hydrogen-bond donors (Lipinski definition) is 0. The average molecular weight is 338 g/mol. The first kappa shape index (κ1) is 16.3. The Bertz CT molecular complexity index is 744. The minimum absolute atomic E-state index is 0.0282. The number of anilines is 1. The lowest BCUT2D eigenvalue weighted by Gasteiger charge is -2.38. The summed E-state index contributed by atoms with van der Waals surface area (Å²) in [6.45, 7) is 4.69. The van der Waals surface area contributed by atoms with Crippen LogP contribution in [0.2, 0.25) is 0 Å². The van der Waals surface area contributed by atoms with Crippen molar-refractivity contribution in [1.29, 1.82) is 0 Å². The van der Waals surface area contributed by atoms with E-state index < -0.39 is 0 Å². The maximum atomic E-state index is 12.4. The lowest BCUT2D eigenvalue weighted by molar-refractivity contribution is 0.187. The van der Waals surface area contributed by atoms with Crippen molar-refractivity contribution in [2.75, 3.05) is 31.1 Å². The van der Waals surface area contributed by atoms with E-state index >= 15 is 0 Å². The number of rotatable bonds is 4. The Morgan fingerprint density at radius 3 is 2.40 bits per heavy atom. The molecule has 2 aromatic rings. The highest BCUT2D eigenvalue weighted by molar-refractivity contribution is 5.43. The Balaban J connectivity index is 1.40. The van der Waals surface area contributed by atoms with E-state index in [1.807, 2.05) is 36.5 Å². The first-order valence-corrected chi connectivity index (χ1v) is 9.40. The summed E-state index contributed by atoms with van der Waals surface area (Å²) in [5.41, 5.74) is 2.02. The summed E-state index contributed by atoms with van der Waals surface area (Å²) in [6, 6.07) is 12.5. The van der Waals surface area contributed by atoms with Crippen molar-refractivity contribution in [3.05, 3.63) is 58.5 Å². The molecule has 0 atom stereocenters. The molecule has 2 fully saturated rings. The third kappa shape index (κ3) is 3.76. The largest absolute Gasteiger partial charge is 0.368 e. The van der Waals surface area contributed by atoms with Gasteiger partial charge in [-0.2, -0.15) is 5.10 Å². The van der Waals surface area contributed by atoms with Crippen LogP contribution in [0.5, 0.6) is 0 Å². The number of piperazine rings is 1. The van der Waals surface area contributed by atoms with E-state index in [9.17, 15) is 4.79 Å². The van der Waals surface area contributed by atoms with Crippen LogP contribution < -0.4 is 10.5 Å². The van der Waals surface area contributed by atoms with Crippen molar-refractivity contribution in [2.24, 2.45) is 0 Å². The van der Waals surface area contributed by atoms with Gasteiger partial charge < -0.3 is 4.90 Å². The Labute approximate surface area is 148 Å². The summed E-state index contributed by atoms with van der Waals surface area (Å²) in [5, 5.41) is 4.39. The highest BCUT2D eigenvalue weighted by Gasteiger charge is 2.26. The molecule has 4 rings (SSSR count). The van der Waals surface area contributed by atoms with Gasteiger partial charge in [-0.05, 0) is 18.4 Å². The molecule has 0 radical (unpaired) electrons. The molecule has 1 saturated carbocycles. The molecule has 0 spiro atoms. The predicted octanol–water partition coefficient (Wildman–Crippen LogP) is 2.36. The Kier molecular flexibility index (Phi) is 4.83. The SMILES string of the molecule is O=c1cc(N2CCN(C3CCCC3)CC2)cnn1Cc1ccccc1. The fourth-order valence-corrected chi connectivity index (χ4v) is 4.09. The second-order valence-electron chi connectivity index (χ2n) is 7.16. The quantitative estimate of drug-likeness (QED) is 0.858. The van der Waals surface area contributed by atoms with Crippen LogP contribution in [0.1, 0.15) is 31.2 Å². The topological polar surface area (TPSA) is 41.4 Å². The zero-order valence-electron chi connectivity index (χ0n) is 14.7. The zero-order chi connectivity index (χ0) is 17.1. The normalized spacial score (nSPS) is 19.4. The van der Waals surface area contributed by atoms with Gasteiger partial charge in [-0.15, -0.1) is 0 Å². The monoisotopic (exact) mass is 338 g/mol.